The number of amides is 3. The third-order valence-corrected chi connectivity index (χ3v) is 9.88. The maximum atomic E-state index is 13.5. The van der Waals surface area contributed by atoms with E-state index in [0.717, 1.165) is 70.6 Å². The number of nitrogens with one attached hydrogen (secondary N) is 3. The Bertz CT molecular complexity index is 892. The van der Waals surface area contributed by atoms with Gasteiger partial charge in [0, 0.05) is 35.9 Å². The summed E-state index contributed by atoms with van der Waals surface area (Å²) >= 11 is 0. The molecule has 41 heavy (non-hydrogen) atoms. The van der Waals surface area contributed by atoms with Gasteiger partial charge in [0.25, 0.3) is 0 Å². The first kappa shape index (κ1) is 31.3. The smallest absolute Gasteiger partial charge is 0.308 e. The summed E-state index contributed by atoms with van der Waals surface area (Å²) in [4.78, 5) is 64.3. The largest absolute Gasteiger partial charge is 0.469 e. The van der Waals surface area contributed by atoms with E-state index < -0.39 is 11.8 Å². The Labute approximate surface area is 243 Å². The maximum Gasteiger partial charge on any atom is 0.308 e. The van der Waals surface area contributed by atoms with E-state index >= 15 is 0 Å². The van der Waals surface area contributed by atoms with Gasteiger partial charge in [-0.2, -0.15) is 0 Å². The molecule has 0 spiro atoms. The third-order valence-electron chi connectivity index (χ3n) is 9.88. The molecule has 0 aromatic rings. The Balaban J connectivity index is 1.40. The Morgan fingerprint density at radius 3 is 1.29 bits per heavy atom. The molecule has 230 valence electrons. The summed E-state index contributed by atoms with van der Waals surface area (Å²) in [5, 5.41) is 9.52. The number of hydrogen-bond donors (Lipinski definition) is 3. The third kappa shape index (κ3) is 8.67. The van der Waals surface area contributed by atoms with Crippen LogP contribution >= 0.6 is 0 Å². The van der Waals surface area contributed by atoms with Crippen molar-refractivity contribution in [1.29, 1.82) is 0 Å². The molecule has 4 fully saturated rings. The number of ether oxygens (including phenoxy) is 2. The number of carbonyl (C=O) groups is 5. The summed E-state index contributed by atoms with van der Waals surface area (Å²) in [6, 6.07) is -0.474. The van der Waals surface area contributed by atoms with Crippen LogP contribution in [0.4, 0.5) is 0 Å². The zero-order valence-corrected chi connectivity index (χ0v) is 24.8. The van der Waals surface area contributed by atoms with Crippen LogP contribution in [0.2, 0.25) is 0 Å². The summed E-state index contributed by atoms with van der Waals surface area (Å²) in [5.41, 5.74) is 0. The van der Waals surface area contributed by atoms with Gasteiger partial charge < -0.3 is 25.4 Å². The van der Waals surface area contributed by atoms with E-state index in [1.54, 1.807) is 0 Å². The number of carbonyl (C=O) groups excluding carboxylic acids is 5. The van der Waals surface area contributed by atoms with Crippen molar-refractivity contribution in [3.05, 3.63) is 0 Å². The predicted octanol–water partition coefficient (Wildman–Crippen LogP) is 3.16. The molecule has 3 amide bonds. The molecule has 10 heteroatoms. The van der Waals surface area contributed by atoms with Gasteiger partial charge >= 0.3 is 11.9 Å². The lowest BCUT2D eigenvalue weighted by atomic mass is 9.76. The molecule has 3 N–H and O–H groups in total. The fraction of sp³-hybridized carbons (Fsp3) is 0.839. The Kier molecular flexibility index (Phi) is 11.5. The normalized spacial score (nSPS) is 32.7. The minimum atomic E-state index is -0.413. The highest BCUT2D eigenvalue weighted by atomic mass is 16.5. The van der Waals surface area contributed by atoms with Gasteiger partial charge in [0.05, 0.1) is 26.1 Å². The van der Waals surface area contributed by atoms with Gasteiger partial charge in [0.15, 0.2) is 0 Å². The number of methoxy groups -OCH3 is 2. The number of esters is 2. The molecule has 4 aliphatic rings. The highest BCUT2D eigenvalue weighted by Crippen LogP contribution is 2.33. The molecule has 10 nitrogen and oxygen atoms in total. The molecule has 4 aliphatic carbocycles. The van der Waals surface area contributed by atoms with Gasteiger partial charge in [-0.05, 0) is 70.6 Å². The van der Waals surface area contributed by atoms with Crippen LogP contribution in [-0.2, 0) is 33.4 Å². The molecular weight excluding hydrogens is 526 g/mol. The number of rotatable bonds is 8. The molecule has 0 saturated heterocycles. The van der Waals surface area contributed by atoms with E-state index in [-0.39, 0.29) is 65.5 Å². The fourth-order valence-electron chi connectivity index (χ4n) is 7.59. The average molecular weight is 576 g/mol. The van der Waals surface area contributed by atoms with Crippen LogP contribution < -0.4 is 16.0 Å². The molecule has 0 radical (unpaired) electrons. The average Bonchev–Trinajstić information content (AvgIpc) is 3.00. The van der Waals surface area contributed by atoms with Crippen molar-refractivity contribution in [1.82, 2.24) is 16.0 Å². The van der Waals surface area contributed by atoms with Gasteiger partial charge in [-0.3, -0.25) is 24.0 Å². The Morgan fingerprint density at radius 2 is 0.829 bits per heavy atom. The van der Waals surface area contributed by atoms with Crippen LogP contribution in [0.3, 0.4) is 0 Å². The molecule has 6 unspecified atom stereocenters. The van der Waals surface area contributed by atoms with Crippen molar-refractivity contribution >= 4 is 29.7 Å². The van der Waals surface area contributed by atoms with Gasteiger partial charge in [0.1, 0.15) is 0 Å². The lowest BCUT2D eigenvalue weighted by molar-refractivity contribution is -0.147. The predicted molar refractivity (Wildman–Crippen MR) is 151 cm³/mol. The Hall–Kier alpha value is -2.65. The lowest BCUT2D eigenvalue weighted by Crippen LogP contribution is -2.51. The van der Waals surface area contributed by atoms with E-state index in [4.69, 9.17) is 9.47 Å². The zero-order chi connectivity index (χ0) is 29.4. The van der Waals surface area contributed by atoms with Crippen molar-refractivity contribution in [2.24, 2.45) is 29.6 Å². The van der Waals surface area contributed by atoms with Crippen molar-refractivity contribution in [2.45, 2.75) is 121 Å². The van der Waals surface area contributed by atoms with Crippen molar-refractivity contribution in [3.63, 3.8) is 0 Å². The van der Waals surface area contributed by atoms with Crippen LogP contribution in [0.15, 0.2) is 0 Å². The fourth-order valence-corrected chi connectivity index (χ4v) is 7.59. The van der Waals surface area contributed by atoms with Crippen LogP contribution in [-0.4, -0.2) is 62.0 Å². The maximum absolute atomic E-state index is 13.5. The summed E-state index contributed by atoms with van der Waals surface area (Å²) in [5.74, 6) is -1.91. The van der Waals surface area contributed by atoms with Gasteiger partial charge in [-0.25, -0.2) is 0 Å². The van der Waals surface area contributed by atoms with E-state index in [2.05, 4.69) is 16.0 Å². The van der Waals surface area contributed by atoms with E-state index in [1.807, 2.05) is 0 Å². The molecule has 0 bridgehead atoms. The molecule has 0 heterocycles. The quantitative estimate of drug-likeness (QED) is 0.378. The van der Waals surface area contributed by atoms with E-state index in [9.17, 15) is 24.0 Å². The van der Waals surface area contributed by atoms with Crippen molar-refractivity contribution < 1.29 is 33.4 Å². The second-order valence-corrected chi connectivity index (χ2v) is 12.8. The summed E-state index contributed by atoms with van der Waals surface area (Å²) in [7, 11) is 2.78. The molecule has 0 aliphatic heterocycles. The first-order chi connectivity index (χ1) is 19.8. The highest BCUT2D eigenvalue weighted by Gasteiger charge is 2.40. The summed E-state index contributed by atoms with van der Waals surface area (Å²) in [6.07, 6.45) is 12.4. The molecule has 6 atom stereocenters. The van der Waals surface area contributed by atoms with Gasteiger partial charge in [-0.15, -0.1) is 0 Å². The first-order valence-electron chi connectivity index (χ1n) is 15.8. The molecular formula is C31H49N3O7. The van der Waals surface area contributed by atoms with Crippen LogP contribution in [0.1, 0.15) is 103 Å². The minimum absolute atomic E-state index is 0.000201. The second-order valence-electron chi connectivity index (χ2n) is 12.8. The summed E-state index contributed by atoms with van der Waals surface area (Å²) in [6.45, 7) is 0. The minimum Gasteiger partial charge on any atom is -0.469 e. The van der Waals surface area contributed by atoms with Gasteiger partial charge in [0.2, 0.25) is 17.7 Å². The Morgan fingerprint density at radius 1 is 0.439 bits per heavy atom. The SMILES string of the molecule is COC(=O)C1CCCC(NC(=O)C2CC(NC(=O)C3CCCCC3)CC(C(=O)NC3CCCC(C(=O)OC)C3)C2)C1. The molecule has 4 saturated carbocycles. The van der Waals surface area contributed by atoms with Gasteiger partial charge in [-0.1, -0.05) is 32.1 Å². The van der Waals surface area contributed by atoms with Crippen LogP contribution in [0.5, 0.6) is 0 Å². The summed E-state index contributed by atoms with van der Waals surface area (Å²) < 4.78 is 9.85. The van der Waals surface area contributed by atoms with Crippen LogP contribution in [0.25, 0.3) is 0 Å². The second kappa shape index (κ2) is 15.0. The number of hydrogen-bond acceptors (Lipinski definition) is 7. The van der Waals surface area contributed by atoms with Crippen molar-refractivity contribution in [3.8, 4) is 0 Å². The van der Waals surface area contributed by atoms with Crippen molar-refractivity contribution in [2.75, 3.05) is 14.2 Å². The topological polar surface area (TPSA) is 140 Å². The zero-order valence-electron chi connectivity index (χ0n) is 24.8. The highest BCUT2D eigenvalue weighted by molar-refractivity contribution is 5.84. The van der Waals surface area contributed by atoms with Crippen LogP contribution in [0, 0.1) is 29.6 Å². The lowest BCUT2D eigenvalue weighted by Gasteiger charge is -2.37. The molecule has 0 aromatic carbocycles. The molecule has 0 aromatic heterocycles. The van der Waals surface area contributed by atoms with E-state index in [1.165, 1.54) is 14.2 Å². The monoisotopic (exact) mass is 575 g/mol. The first-order valence-corrected chi connectivity index (χ1v) is 15.8. The standard InChI is InChI=1S/C31H49N3O7/c1-40-30(38)20-10-6-12-24(15-20)32-28(36)22-14-23(18-26(17-22)34-27(35)19-8-4-3-5-9-19)29(37)33-25-13-7-11-21(16-25)31(39)41-2/h19-26H,3-18H2,1-2H3,(H,32,36)(H,33,37)(H,34,35). The van der Waals surface area contributed by atoms with E-state index in [0.29, 0.717) is 32.1 Å². The molecule has 4 rings (SSSR count).